The second-order valence-electron chi connectivity index (χ2n) is 12.7. The maximum atomic E-state index is 14.2. The fraction of sp³-hybridized carbons (Fsp3) is 0.552. The lowest BCUT2D eigenvalue weighted by Crippen LogP contribution is -2.44. The number of rotatable bonds is 8. The Morgan fingerprint density at radius 1 is 1.12 bits per heavy atom. The van der Waals surface area contributed by atoms with Gasteiger partial charge in [-0.05, 0) is 51.8 Å². The number of likely N-dealkylation sites (tertiary alicyclic amines) is 1. The van der Waals surface area contributed by atoms with Crippen molar-refractivity contribution in [3.63, 3.8) is 0 Å². The number of alkyl halides is 3. The van der Waals surface area contributed by atoms with Gasteiger partial charge in [-0.2, -0.15) is 18.3 Å². The molecule has 224 valence electrons. The lowest BCUT2D eigenvalue weighted by Gasteiger charge is -2.34. The van der Waals surface area contributed by atoms with Crippen molar-refractivity contribution in [2.45, 2.75) is 83.8 Å². The smallest absolute Gasteiger partial charge is 0.418 e. The Bertz CT molecular complexity index is 1360. The summed E-state index contributed by atoms with van der Waals surface area (Å²) in [6, 6.07) is 9.58. The number of pyridine rings is 1. The first-order valence-electron chi connectivity index (χ1n) is 14.0. The van der Waals surface area contributed by atoms with Crippen LogP contribution in [0.25, 0.3) is 22.2 Å². The SMILES string of the molecule is CC(C)(C)OC(=O)N1CCC(Nc2cc(-c3nn(COCC[Si](C)(C)C)c4ccccc34)c(C(F)(F)F)cn2)CC1. The summed E-state index contributed by atoms with van der Waals surface area (Å²) in [6.07, 6.45) is -2.88. The molecule has 0 bridgehead atoms. The zero-order chi connectivity index (χ0) is 30.0. The van der Waals surface area contributed by atoms with Crippen LogP contribution in [-0.2, 0) is 22.4 Å². The normalized spacial score (nSPS) is 15.4. The molecule has 3 heterocycles. The highest BCUT2D eigenvalue weighted by atomic mass is 28.3. The molecule has 0 aliphatic carbocycles. The Morgan fingerprint density at radius 2 is 1.80 bits per heavy atom. The number of aromatic nitrogens is 3. The van der Waals surface area contributed by atoms with Crippen molar-refractivity contribution in [1.82, 2.24) is 19.7 Å². The average Bonchev–Trinajstić information content (AvgIpc) is 3.23. The summed E-state index contributed by atoms with van der Waals surface area (Å²) >= 11 is 0. The Kier molecular flexibility index (Phi) is 9.03. The van der Waals surface area contributed by atoms with Crippen LogP contribution in [0.3, 0.4) is 0 Å². The monoisotopic (exact) mass is 591 g/mol. The maximum Gasteiger partial charge on any atom is 0.418 e. The van der Waals surface area contributed by atoms with E-state index in [-0.39, 0.29) is 30.1 Å². The van der Waals surface area contributed by atoms with Crippen molar-refractivity contribution in [2.75, 3.05) is 25.0 Å². The van der Waals surface area contributed by atoms with Crippen LogP contribution in [0.15, 0.2) is 36.5 Å². The highest BCUT2D eigenvalue weighted by Gasteiger charge is 2.36. The minimum atomic E-state index is -4.61. The first-order valence-corrected chi connectivity index (χ1v) is 17.7. The number of ether oxygens (including phenoxy) is 2. The molecular weight excluding hydrogens is 551 g/mol. The Labute approximate surface area is 240 Å². The predicted octanol–water partition coefficient (Wildman–Crippen LogP) is 7.24. The molecule has 2 aromatic heterocycles. The van der Waals surface area contributed by atoms with Crippen molar-refractivity contribution in [3.05, 3.63) is 42.1 Å². The van der Waals surface area contributed by atoms with E-state index in [1.807, 2.05) is 32.9 Å². The molecule has 1 N–H and O–H groups in total. The van der Waals surface area contributed by atoms with Gasteiger partial charge in [0, 0.05) is 51.0 Å². The number of nitrogens with one attached hydrogen (secondary N) is 1. The van der Waals surface area contributed by atoms with E-state index >= 15 is 0 Å². The second-order valence-corrected chi connectivity index (χ2v) is 18.3. The quantitative estimate of drug-likeness (QED) is 0.220. The molecule has 0 radical (unpaired) electrons. The number of benzene rings is 1. The first kappa shape index (κ1) is 30.8. The van der Waals surface area contributed by atoms with Gasteiger partial charge in [0.05, 0.1) is 11.1 Å². The van der Waals surface area contributed by atoms with Gasteiger partial charge in [-0.3, -0.25) is 0 Å². The van der Waals surface area contributed by atoms with E-state index in [0.29, 0.717) is 49.3 Å². The van der Waals surface area contributed by atoms with E-state index in [0.717, 1.165) is 12.2 Å². The van der Waals surface area contributed by atoms with Gasteiger partial charge in [0.1, 0.15) is 23.8 Å². The highest BCUT2D eigenvalue weighted by Crippen LogP contribution is 2.40. The molecular formula is C29H40F3N5O3Si. The van der Waals surface area contributed by atoms with E-state index in [2.05, 4.69) is 35.0 Å². The lowest BCUT2D eigenvalue weighted by atomic mass is 10.0. The van der Waals surface area contributed by atoms with Crippen LogP contribution >= 0.6 is 0 Å². The van der Waals surface area contributed by atoms with Crippen LogP contribution in [0.1, 0.15) is 39.2 Å². The minimum Gasteiger partial charge on any atom is -0.444 e. The van der Waals surface area contributed by atoms with Crippen molar-refractivity contribution in [1.29, 1.82) is 0 Å². The number of piperidine rings is 1. The molecule has 0 spiro atoms. The molecule has 4 rings (SSSR count). The lowest BCUT2D eigenvalue weighted by molar-refractivity contribution is -0.137. The largest absolute Gasteiger partial charge is 0.444 e. The van der Waals surface area contributed by atoms with Crippen molar-refractivity contribution >= 4 is 30.9 Å². The number of halogens is 3. The molecule has 1 aliphatic rings. The molecule has 1 aromatic carbocycles. The van der Waals surface area contributed by atoms with Crippen LogP contribution in [-0.4, -0.2) is 65.2 Å². The number of para-hydroxylation sites is 1. The summed E-state index contributed by atoms with van der Waals surface area (Å²) in [4.78, 5) is 18.2. The molecule has 12 heteroatoms. The van der Waals surface area contributed by atoms with Gasteiger partial charge < -0.3 is 19.7 Å². The molecule has 0 atom stereocenters. The average molecular weight is 592 g/mol. The number of carbonyl (C=O) groups excluding carboxylic acids is 1. The number of hydrogen-bond donors (Lipinski definition) is 1. The molecule has 1 fully saturated rings. The summed E-state index contributed by atoms with van der Waals surface area (Å²) in [5.41, 5.74) is -0.545. The Morgan fingerprint density at radius 3 is 2.44 bits per heavy atom. The number of nitrogens with zero attached hydrogens (tertiary/aromatic N) is 4. The van der Waals surface area contributed by atoms with Gasteiger partial charge in [0.15, 0.2) is 0 Å². The highest BCUT2D eigenvalue weighted by molar-refractivity contribution is 6.76. The van der Waals surface area contributed by atoms with Gasteiger partial charge in [0.2, 0.25) is 0 Å². The number of amides is 1. The van der Waals surface area contributed by atoms with Crippen LogP contribution in [0.2, 0.25) is 25.7 Å². The van der Waals surface area contributed by atoms with E-state index in [4.69, 9.17) is 9.47 Å². The summed E-state index contributed by atoms with van der Waals surface area (Å²) in [5.74, 6) is 0.328. The standard InChI is InChI=1S/C29H40F3N5O3Si/c1-28(2,3)40-27(38)36-13-11-20(12-14-36)34-25-17-22(23(18-33-25)29(30,31)32)26-21-9-7-8-10-24(21)37(35-26)19-39-15-16-41(4,5)6/h7-10,17-18,20H,11-16,19H2,1-6H3,(H,33,34). The maximum absolute atomic E-state index is 14.2. The number of fused-ring (bicyclic) bond motifs is 1. The van der Waals surface area contributed by atoms with Crippen molar-refractivity contribution in [3.8, 4) is 11.3 Å². The predicted molar refractivity (Wildman–Crippen MR) is 157 cm³/mol. The van der Waals surface area contributed by atoms with Gasteiger partial charge in [-0.1, -0.05) is 37.8 Å². The molecule has 0 saturated carbocycles. The topological polar surface area (TPSA) is 81.5 Å². The van der Waals surface area contributed by atoms with Gasteiger partial charge in [-0.25, -0.2) is 14.5 Å². The number of hydrogen-bond acceptors (Lipinski definition) is 6. The third-order valence-corrected chi connectivity index (χ3v) is 8.54. The van der Waals surface area contributed by atoms with Crippen LogP contribution in [0, 0.1) is 0 Å². The van der Waals surface area contributed by atoms with Gasteiger partial charge in [-0.15, -0.1) is 0 Å². The summed E-state index contributed by atoms with van der Waals surface area (Å²) < 4.78 is 55.4. The minimum absolute atomic E-state index is 0.0433. The third-order valence-electron chi connectivity index (χ3n) is 6.83. The fourth-order valence-electron chi connectivity index (χ4n) is 4.65. The first-order chi connectivity index (χ1) is 19.1. The molecule has 8 nitrogen and oxygen atoms in total. The zero-order valence-electron chi connectivity index (χ0n) is 24.6. The summed E-state index contributed by atoms with van der Waals surface area (Å²) in [7, 11) is -1.29. The van der Waals surface area contributed by atoms with Crippen molar-refractivity contribution in [2.24, 2.45) is 0 Å². The summed E-state index contributed by atoms with van der Waals surface area (Å²) in [5, 5.41) is 8.49. The zero-order valence-corrected chi connectivity index (χ0v) is 25.6. The molecule has 1 aliphatic heterocycles. The van der Waals surface area contributed by atoms with E-state index < -0.39 is 25.4 Å². The third kappa shape index (κ3) is 8.22. The second kappa shape index (κ2) is 12.0. The fourth-order valence-corrected chi connectivity index (χ4v) is 5.41. The number of carbonyl (C=O) groups is 1. The van der Waals surface area contributed by atoms with E-state index in [1.165, 1.54) is 6.07 Å². The van der Waals surface area contributed by atoms with E-state index in [9.17, 15) is 18.0 Å². The van der Waals surface area contributed by atoms with Crippen LogP contribution in [0.5, 0.6) is 0 Å². The Balaban J connectivity index is 1.56. The van der Waals surface area contributed by atoms with Crippen LogP contribution < -0.4 is 5.32 Å². The molecule has 3 aromatic rings. The van der Waals surface area contributed by atoms with E-state index in [1.54, 1.807) is 21.7 Å². The molecule has 0 unspecified atom stereocenters. The van der Waals surface area contributed by atoms with Crippen molar-refractivity contribution < 1.29 is 27.4 Å². The molecule has 1 saturated heterocycles. The van der Waals surface area contributed by atoms with Gasteiger partial charge in [0.25, 0.3) is 0 Å². The molecule has 1 amide bonds. The molecule has 41 heavy (non-hydrogen) atoms. The summed E-state index contributed by atoms with van der Waals surface area (Å²) in [6.45, 7) is 13.9. The van der Waals surface area contributed by atoms with Crippen LogP contribution in [0.4, 0.5) is 23.8 Å². The van der Waals surface area contributed by atoms with Gasteiger partial charge >= 0.3 is 12.3 Å². The Hall–Kier alpha value is -3.12. The number of anilines is 1.